The zero-order valence-corrected chi connectivity index (χ0v) is 11.6. The number of hydrogen-bond acceptors (Lipinski definition) is 3. The van der Waals surface area contributed by atoms with E-state index in [9.17, 15) is 9.59 Å². The SMILES string of the molecule is CCNC(=O)Nc1ccccc1C(=O)Nc1ccccn1. The summed E-state index contributed by atoms with van der Waals surface area (Å²) in [5.41, 5.74) is 0.811. The van der Waals surface area contributed by atoms with Gasteiger partial charge in [0.05, 0.1) is 11.3 Å². The summed E-state index contributed by atoms with van der Waals surface area (Å²) in [5, 5.41) is 7.94. The Kier molecular flexibility index (Phi) is 4.87. The summed E-state index contributed by atoms with van der Waals surface area (Å²) in [6.45, 7) is 2.33. The van der Waals surface area contributed by atoms with Gasteiger partial charge in [-0.05, 0) is 31.2 Å². The van der Waals surface area contributed by atoms with Crippen LogP contribution in [0.25, 0.3) is 0 Å². The molecule has 0 saturated heterocycles. The van der Waals surface area contributed by atoms with Crippen molar-refractivity contribution < 1.29 is 9.59 Å². The Bertz CT molecular complexity index is 629. The molecule has 0 spiro atoms. The van der Waals surface area contributed by atoms with Crippen LogP contribution in [0.1, 0.15) is 17.3 Å². The maximum Gasteiger partial charge on any atom is 0.319 e. The Morgan fingerprint density at radius 1 is 1.05 bits per heavy atom. The predicted molar refractivity (Wildman–Crippen MR) is 81.3 cm³/mol. The Balaban J connectivity index is 2.15. The number of anilines is 2. The van der Waals surface area contributed by atoms with E-state index in [1.165, 1.54) is 0 Å². The number of carbonyl (C=O) groups is 2. The molecule has 3 N–H and O–H groups in total. The fourth-order valence-corrected chi connectivity index (χ4v) is 1.74. The van der Waals surface area contributed by atoms with Crippen molar-refractivity contribution in [2.45, 2.75) is 6.92 Å². The second-order valence-electron chi connectivity index (χ2n) is 4.20. The molecule has 6 heteroatoms. The number of carbonyl (C=O) groups excluding carboxylic acids is 2. The highest BCUT2D eigenvalue weighted by molar-refractivity contribution is 6.09. The highest BCUT2D eigenvalue weighted by Gasteiger charge is 2.13. The maximum atomic E-state index is 12.3. The fraction of sp³-hybridized carbons (Fsp3) is 0.133. The van der Waals surface area contributed by atoms with Gasteiger partial charge in [-0.25, -0.2) is 9.78 Å². The van der Waals surface area contributed by atoms with Crippen molar-refractivity contribution in [2.24, 2.45) is 0 Å². The molecule has 108 valence electrons. The summed E-state index contributed by atoms with van der Waals surface area (Å²) >= 11 is 0. The van der Waals surface area contributed by atoms with Crippen LogP contribution in [0.15, 0.2) is 48.7 Å². The molecule has 6 nitrogen and oxygen atoms in total. The lowest BCUT2D eigenvalue weighted by Gasteiger charge is -2.11. The van der Waals surface area contributed by atoms with Crippen LogP contribution in [0.5, 0.6) is 0 Å². The van der Waals surface area contributed by atoms with Crippen LogP contribution in [0.2, 0.25) is 0 Å². The highest BCUT2D eigenvalue weighted by Crippen LogP contribution is 2.16. The van der Waals surface area contributed by atoms with Gasteiger partial charge in [-0.3, -0.25) is 4.79 Å². The molecule has 0 saturated carbocycles. The van der Waals surface area contributed by atoms with Crippen LogP contribution >= 0.6 is 0 Å². The van der Waals surface area contributed by atoms with E-state index < -0.39 is 0 Å². The Hall–Kier alpha value is -2.89. The van der Waals surface area contributed by atoms with Gasteiger partial charge in [0.25, 0.3) is 5.91 Å². The molecule has 3 amide bonds. The molecule has 0 radical (unpaired) electrons. The molecule has 0 fully saturated rings. The van der Waals surface area contributed by atoms with Gasteiger partial charge >= 0.3 is 6.03 Å². The van der Waals surface area contributed by atoms with E-state index in [1.54, 1.807) is 48.7 Å². The van der Waals surface area contributed by atoms with Gasteiger partial charge in [-0.15, -0.1) is 0 Å². The van der Waals surface area contributed by atoms with Gasteiger partial charge in [0.1, 0.15) is 5.82 Å². The minimum Gasteiger partial charge on any atom is -0.338 e. The van der Waals surface area contributed by atoms with Crippen molar-refractivity contribution in [2.75, 3.05) is 17.2 Å². The van der Waals surface area contributed by atoms with Crippen molar-refractivity contribution in [3.63, 3.8) is 0 Å². The monoisotopic (exact) mass is 284 g/mol. The van der Waals surface area contributed by atoms with Crippen LogP contribution in [-0.4, -0.2) is 23.5 Å². The topological polar surface area (TPSA) is 83.1 Å². The zero-order chi connectivity index (χ0) is 15.1. The molecule has 0 aliphatic heterocycles. The first-order valence-electron chi connectivity index (χ1n) is 6.57. The zero-order valence-electron chi connectivity index (χ0n) is 11.6. The number of aromatic nitrogens is 1. The third-order valence-electron chi connectivity index (χ3n) is 2.66. The van der Waals surface area contributed by atoms with Crippen molar-refractivity contribution in [3.05, 3.63) is 54.2 Å². The molecule has 0 aliphatic carbocycles. The average Bonchev–Trinajstić information content (AvgIpc) is 2.49. The molecule has 0 atom stereocenters. The average molecular weight is 284 g/mol. The molecule has 0 bridgehead atoms. The van der Waals surface area contributed by atoms with E-state index in [2.05, 4.69) is 20.9 Å². The molecular formula is C15H16N4O2. The van der Waals surface area contributed by atoms with Gasteiger partial charge in [-0.2, -0.15) is 0 Å². The minimum atomic E-state index is -0.351. The number of para-hydroxylation sites is 1. The Morgan fingerprint density at radius 3 is 2.52 bits per heavy atom. The Morgan fingerprint density at radius 2 is 1.81 bits per heavy atom. The highest BCUT2D eigenvalue weighted by atomic mass is 16.2. The smallest absolute Gasteiger partial charge is 0.319 e. The maximum absolute atomic E-state index is 12.3. The first-order chi connectivity index (χ1) is 10.2. The van der Waals surface area contributed by atoms with E-state index in [0.717, 1.165) is 0 Å². The molecule has 21 heavy (non-hydrogen) atoms. The first kappa shape index (κ1) is 14.5. The molecule has 0 aliphatic rings. The summed E-state index contributed by atoms with van der Waals surface area (Å²) in [5.74, 6) is 0.122. The number of hydrogen-bond donors (Lipinski definition) is 3. The molecule has 1 aromatic carbocycles. The van der Waals surface area contributed by atoms with Crippen LogP contribution in [0, 0.1) is 0 Å². The summed E-state index contributed by atoms with van der Waals surface area (Å²) in [4.78, 5) is 27.9. The summed E-state index contributed by atoms with van der Waals surface area (Å²) in [6.07, 6.45) is 1.59. The van der Waals surface area contributed by atoms with Crippen molar-refractivity contribution >= 4 is 23.4 Å². The molecule has 2 rings (SSSR count). The van der Waals surface area contributed by atoms with E-state index in [4.69, 9.17) is 0 Å². The van der Waals surface area contributed by atoms with Gasteiger partial charge in [-0.1, -0.05) is 18.2 Å². The molecule has 1 aromatic heterocycles. The number of pyridine rings is 1. The summed E-state index contributed by atoms with van der Waals surface area (Å²) in [7, 11) is 0. The lowest BCUT2D eigenvalue weighted by atomic mass is 10.1. The lowest BCUT2D eigenvalue weighted by molar-refractivity contribution is 0.102. The summed E-state index contributed by atoms with van der Waals surface area (Å²) in [6, 6.07) is 11.7. The number of urea groups is 1. The predicted octanol–water partition coefficient (Wildman–Crippen LogP) is 2.48. The van der Waals surface area contributed by atoms with Crippen LogP contribution in [0.4, 0.5) is 16.3 Å². The quantitative estimate of drug-likeness (QED) is 0.806. The standard InChI is InChI=1S/C15H16N4O2/c1-2-16-15(21)18-12-8-4-3-7-11(12)14(20)19-13-9-5-6-10-17-13/h3-10H,2H2,1H3,(H2,16,18,21)(H,17,19,20). The van der Waals surface area contributed by atoms with Gasteiger partial charge in [0, 0.05) is 12.7 Å². The van der Waals surface area contributed by atoms with Crippen LogP contribution in [-0.2, 0) is 0 Å². The van der Waals surface area contributed by atoms with Crippen LogP contribution in [0.3, 0.4) is 0 Å². The van der Waals surface area contributed by atoms with Gasteiger partial charge in [0.15, 0.2) is 0 Å². The van der Waals surface area contributed by atoms with Crippen molar-refractivity contribution in [1.29, 1.82) is 0 Å². The normalized spacial score (nSPS) is 9.76. The molecule has 0 unspecified atom stereocenters. The van der Waals surface area contributed by atoms with E-state index in [1.807, 2.05) is 6.92 Å². The van der Waals surface area contributed by atoms with E-state index in [-0.39, 0.29) is 11.9 Å². The van der Waals surface area contributed by atoms with Gasteiger partial charge in [0.2, 0.25) is 0 Å². The molecule has 1 heterocycles. The number of nitrogens with zero attached hydrogens (tertiary/aromatic N) is 1. The minimum absolute atomic E-state index is 0.332. The van der Waals surface area contributed by atoms with Crippen LogP contribution < -0.4 is 16.0 Å². The second kappa shape index (κ2) is 7.04. The third-order valence-corrected chi connectivity index (χ3v) is 2.66. The molecular weight excluding hydrogens is 268 g/mol. The largest absolute Gasteiger partial charge is 0.338 e. The first-order valence-corrected chi connectivity index (χ1v) is 6.57. The van der Waals surface area contributed by atoms with E-state index in [0.29, 0.717) is 23.6 Å². The molecule has 2 aromatic rings. The number of benzene rings is 1. The number of rotatable bonds is 4. The van der Waals surface area contributed by atoms with Crippen molar-refractivity contribution in [1.82, 2.24) is 10.3 Å². The Labute approximate surface area is 122 Å². The third kappa shape index (κ3) is 4.04. The van der Waals surface area contributed by atoms with E-state index >= 15 is 0 Å². The summed E-state index contributed by atoms with van der Waals surface area (Å²) < 4.78 is 0. The fourth-order valence-electron chi connectivity index (χ4n) is 1.74. The number of nitrogens with one attached hydrogen (secondary N) is 3. The second-order valence-corrected chi connectivity index (χ2v) is 4.20. The lowest BCUT2D eigenvalue weighted by Crippen LogP contribution is -2.29. The number of amides is 3. The van der Waals surface area contributed by atoms with Crippen molar-refractivity contribution in [3.8, 4) is 0 Å². The van der Waals surface area contributed by atoms with Gasteiger partial charge < -0.3 is 16.0 Å².